The fraction of sp³-hybridized carbons (Fsp3) is 0.111. The number of aryl methyl sites for hydroxylation is 1. The van der Waals surface area contributed by atoms with Crippen molar-refractivity contribution in [2.75, 3.05) is 0 Å². The molecule has 3 heteroatoms. The molecule has 6 aromatic rings. The van der Waals surface area contributed by atoms with Gasteiger partial charge in [0.2, 0.25) is 0 Å². The molecular weight excluding hydrogens is 476 g/mol. The molecule has 2 heterocycles. The first-order chi connectivity index (χ1) is 19.2. The molecule has 5 aromatic carbocycles. The molecule has 39 heavy (non-hydrogen) atoms. The molecule has 0 bridgehead atoms. The minimum Gasteiger partial charge on any atom is -0.268 e. The van der Waals surface area contributed by atoms with Crippen LogP contribution < -0.4 is 0 Å². The summed E-state index contributed by atoms with van der Waals surface area (Å²) in [7, 11) is 0. The van der Waals surface area contributed by atoms with Gasteiger partial charge in [-0.25, -0.2) is 4.98 Å². The molecule has 1 aliphatic rings. The summed E-state index contributed by atoms with van der Waals surface area (Å²) >= 11 is 0. The Morgan fingerprint density at radius 3 is 1.67 bits per heavy atom. The molecule has 0 N–H and O–H groups in total. The maximum absolute atomic E-state index is 14.5. The number of hydrogen-bond donors (Lipinski definition) is 0. The minimum atomic E-state index is -0.00269. The number of fused-ring (bicyclic) bond motifs is 5. The molecule has 3 nitrogen and oxygen atoms in total. The van der Waals surface area contributed by atoms with E-state index in [0.717, 1.165) is 68.6 Å². The Morgan fingerprint density at radius 2 is 1.13 bits per heavy atom. The van der Waals surface area contributed by atoms with Gasteiger partial charge in [-0.15, -0.1) is 0 Å². The van der Waals surface area contributed by atoms with Gasteiger partial charge in [-0.2, -0.15) is 0 Å². The molecule has 7 rings (SSSR count). The lowest BCUT2D eigenvalue weighted by Crippen LogP contribution is -2.10. The van der Waals surface area contributed by atoms with Gasteiger partial charge >= 0.3 is 0 Å². The van der Waals surface area contributed by atoms with Gasteiger partial charge in [0.25, 0.3) is 5.91 Å². The first-order valence-corrected chi connectivity index (χ1v) is 13.7. The first-order valence-electron chi connectivity index (χ1n) is 13.7. The molecule has 188 valence electrons. The molecule has 0 aliphatic carbocycles. The Morgan fingerprint density at radius 1 is 0.590 bits per heavy atom. The van der Waals surface area contributed by atoms with Gasteiger partial charge in [-0.1, -0.05) is 111 Å². The largest absolute Gasteiger partial charge is 0.268 e. The van der Waals surface area contributed by atoms with E-state index in [-0.39, 0.29) is 5.91 Å². The average molecular weight is 505 g/mol. The fourth-order valence-corrected chi connectivity index (χ4v) is 6.16. The second-order valence-corrected chi connectivity index (χ2v) is 10.1. The van der Waals surface area contributed by atoms with Crippen molar-refractivity contribution < 1.29 is 4.79 Å². The second-order valence-electron chi connectivity index (χ2n) is 10.1. The molecular formula is C36H28N2O. The van der Waals surface area contributed by atoms with E-state index in [0.29, 0.717) is 0 Å². The van der Waals surface area contributed by atoms with Crippen molar-refractivity contribution in [1.82, 2.24) is 9.55 Å². The van der Waals surface area contributed by atoms with Crippen molar-refractivity contribution in [3.8, 4) is 44.8 Å². The van der Waals surface area contributed by atoms with Crippen molar-refractivity contribution in [3.63, 3.8) is 0 Å². The second kappa shape index (κ2) is 9.21. The van der Waals surface area contributed by atoms with Crippen LogP contribution in [0.4, 0.5) is 0 Å². The summed E-state index contributed by atoms with van der Waals surface area (Å²) < 4.78 is 1.84. The molecule has 0 radical (unpaired) electrons. The van der Waals surface area contributed by atoms with Gasteiger partial charge in [0.1, 0.15) is 5.82 Å². The summed E-state index contributed by atoms with van der Waals surface area (Å²) in [6, 6.07) is 37.7. The maximum Gasteiger partial charge on any atom is 0.265 e. The first kappa shape index (κ1) is 23.4. The van der Waals surface area contributed by atoms with E-state index in [2.05, 4.69) is 98.8 Å². The predicted molar refractivity (Wildman–Crippen MR) is 160 cm³/mol. The fourth-order valence-electron chi connectivity index (χ4n) is 6.16. The monoisotopic (exact) mass is 504 g/mol. The standard InChI is InChI=1S/C36H28N2O/c1-3-23-20-21-29-28(22-23)37-35-33-32(26-18-12-7-13-19-26)30(24-14-8-5-9-15-24)27(4-2)31(25-16-10-6-11-17-25)34(33)36(39)38(29)35/h5-22H,3-4H2,1-2H3. The average Bonchev–Trinajstić information content (AvgIpc) is 3.51. The smallest absolute Gasteiger partial charge is 0.265 e. The number of carbonyl (C=O) groups excluding carboxylic acids is 1. The lowest BCUT2D eigenvalue weighted by Gasteiger charge is -2.23. The third-order valence-electron chi connectivity index (χ3n) is 7.91. The topological polar surface area (TPSA) is 34.9 Å². The van der Waals surface area contributed by atoms with Crippen LogP contribution in [0.5, 0.6) is 0 Å². The molecule has 0 amide bonds. The van der Waals surface area contributed by atoms with Crippen LogP contribution in [0.3, 0.4) is 0 Å². The maximum atomic E-state index is 14.5. The Bertz CT molecular complexity index is 1870. The summed E-state index contributed by atoms with van der Waals surface area (Å²) in [4.78, 5) is 19.7. The van der Waals surface area contributed by atoms with Gasteiger partial charge in [0, 0.05) is 11.1 Å². The number of rotatable bonds is 5. The summed E-state index contributed by atoms with van der Waals surface area (Å²) in [5.41, 5.74) is 12.3. The van der Waals surface area contributed by atoms with Gasteiger partial charge in [0.15, 0.2) is 0 Å². The molecule has 0 saturated heterocycles. The third-order valence-corrected chi connectivity index (χ3v) is 7.91. The van der Waals surface area contributed by atoms with E-state index >= 15 is 0 Å². The highest BCUT2D eigenvalue weighted by molar-refractivity contribution is 6.21. The van der Waals surface area contributed by atoms with Crippen molar-refractivity contribution in [2.24, 2.45) is 0 Å². The zero-order chi connectivity index (χ0) is 26.5. The van der Waals surface area contributed by atoms with Crippen molar-refractivity contribution in [3.05, 3.63) is 126 Å². The van der Waals surface area contributed by atoms with Gasteiger partial charge < -0.3 is 0 Å². The van der Waals surface area contributed by atoms with Crippen LogP contribution >= 0.6 is 0 Å². The quantitative estimate of drug-likeness (QED) is 0.235. The molecule has 0 atom stereocenters. The number of aromatic nitrogens is 2. The van der Waals surface area contributed by atoms with E-state index in [1.54, 1.807) is 0 Å². The van der Waals surface area contributed by atoms with Crippen LogP contribution in [0, 0.1) is 0 Å². The van der Waals surface area contributed by atoms with Gasteiger partial charge in [0.05, 0.1) is 16.6 Å². The van der Waals surface area contributed by atoms with Crippen molar-refractivity contribution in [1.29, 1.82) is 0 Å². The number of nitrogens with zero attached hydrogens (tertiary/aromatic N) is 2. The molecule has 0 saturated carbocycles. The molecule has 0 unspecified atom stereocenters. The van der Waals surface area contributed by atoms with Gasteiger partial charge in [-0.05, 0) is 63.9 Å². The van der Waals surface area contributed by atoms with E-state index in [9.17, 15) is 4.79 Å². The Labute approximate surface area is 228 Å². The Kier molecular flexibility index (Phi) is 5.52. The molecule has 1 aliphatic heterocycles. The minimum absolute atomic E-state index is 0.00269. The number of imidazole rings is 1. The number of hydrogen-bond acceptors (Lipinski definition) is 2. The Balaban J connectivity index is 1.71. The van der Waals surface area contributed by atoms with E-state index < -0.39 is 0 Å². The van der Waals surface area contributed by atoms with Crippen molar-refractivity contribution >= 4 is 16.9 Å². The summed E-state index contributed by atoms with van der Waals surface area (Å²) in [6.07, 6.45) is 1.71. The number of carbonyl (C=O) groups is 1. The lowest BCUT2D eigenvalue weighted by atomic mass is 9.79. The van der Waals surface area contributed by atoms with Crippen LogP contribution in [-0.2, 0) is 12.8 Å². The third kappa shape index (κ3) is 3.50. The predicted octanol–water partition coefficient (Wildman–Crippen LogP) is 8.83. The highest BCUT2D eigenvalue weighted by Gasteiger charge is 2.38. The number of benzene rings is 5. The molecule has 0 fully saturated rings. The van der Waals surface area contributed by atoms with Crippen LogP contribution in [0.2, 0.25) is 0 Å². The van der Waals surface area contributed by atoms with Crippen LogP contribution in [0.1, 0.15) is 35.3 Å². The van der Waals surface area contributed by atoms with E-state index in [4.69, 9.17) is 4.98 Å². The SMILES string of the molecule is CCc1ccc2c(c1)nc1n2C(=O)c2c(-c3ccccc3)c(CC)c(-c3ccccc3)c(-c3ccccc3)c2-1. The lowest BCUT2D eigenvalue weighted by molar-refractivity contribution is 0.0974. The zero-order valence-electron chi connectivity index (χ0n) is 22.1. The van der Waals surface area contributed by atoms with Crippen LogP contribution in [-0.4, -0.2) is 15.5 Å². The van der Waals surface area contributed by atoms with E-state index in [1.165, 1.54) is 16.7 Å². The summed E-state index contributed by atoms with van der Waals surface area (Å²) in [5, 5.41) is 0. The summed E-state index contributed by atoms with van der Waals surface area (Å²) in [5.74, 6) is 0.728. The highest BCUT2D eigenvalue weighted by Crippen LogP contribution is 2.52. The molecule has 1 aromatic heterocycles. The van der Waals surface area contributed by atoms with Crippen LogP contribution in [0.15, 0.2) is 109 Å². The normalized spacial score (nSPS) is 12.1. The van der Waals surface area contributed by atoms with Crippen LogP contribution in [0.25, 0.3) is 55.8 Å². The zero-order valence-corrected chi connectivity index (χ0v) is 22.1. The van der Waals surface area contributed by atoms with Crippen molar-refractivity contribution in [2.45, 2.75) is 26.7 Å². The van der Waals surface area contributed by atoms with Gasteiger partial charge in [-0.3, -0.25) is 9.36 Å². The summed E-state index contributed by atoms with van der Waals surface area (Å²) in [6.45, 7) is 4.33. The Hall–Kier alpha value is -4.76. The van der Waals surface area contributed by atoms with E-state index in [1.807, 2.05) is 28.8 Å². The highest BCUT2D eigenvalue weighted by atomic mass is 16.2. The molecule has 0 spiro atoms.